The molecular weight excluding hydrogens is 322 g/mol. The van der Waals surface area contributed by atoms with Crippen LogP contribution in [0.15, 0.2) is 18.2 Å². The van der Waals surface area contributed by atoms with E-state index in [0.717, 1.165) is 38.5 Å². The summed E-state index contributed by atoms with van der Waals surface area (Å²) in [5, 5.41) is 3.33. The minimum absolute atomic E-state index is 0.242. The summed E-state index contributed by atoms with van der Waals surface area (Å²) in [5.74, 6) is 1.57. The lowest BCUT2D eigenvalue weighted by Crippen LogP contribution is -3.16. The smallest absolute Gasteiger partial charge is 0.275 e. The van der Waals surface area contributed by atoms with Gasteiger partial charge in [0.05, 0.1) is 26.2 Å². The normalized spacial score (nSPS) is 27.4. The number of benzene rings is 1. The average molecular weight is 359 g/mol. The highest BCUT2D eigenvalue weighted by molar-refractivity contribution is 5.77. The minimum atomic E-state index is 0.242. The third kappa shape index (κ3) is 4.40. The zero-order chi connectivity index (χ0) is 18.7. The van der Waals surface area contributed by atoms with Crippen LogP contribution in [0.4, 0.5) is 5.69 Å². The number of piperazine rings is 1. The molecule has 4 heteroatoms. The number of rotatable bonds is 4. The summed E-state index contributed by atoms with van der Waals surface area (Å²) >= 11 is 0. The van der Waals surface area contributed by atoms with E-state index in [2.05, 4.69) is 56.1 Å². The molecule has 0 spiro atoms. The van der Waals surface area contributed by atoms with Crippen molar-refractivity contribution in [1.29, 1.82) is 0 Å². The second-order valence-corrected chi connectivity index (χ2v) is 8.57. The minimum Gasteiger partial charge on any atom is -0.360 e. The van der Waals surface area contributed by atoms with E-state index in [0.29, 0.717) is 18.5 Å². The Labute approximate surface area is 158 Å². The number of hydrogen-bond donors (Lipinski definition) is 2. The van der Waals surface area contributed by atoms with Gasteiger partial charge in [-0.15, -0.1) is 0 Å². The molecule has 3 rings (SSSR count). The van der Waals surface area contributed by atoms with Crippen molar-refractivity contribution in [3.63, 3.8) is 0 Å². The highest BCUT2D eigenvalue weighted by atomic mass is 16.2. The van der Waals surface area contributed by atoms with Crippen molar-refractivity contribution in [3.8, 4) is 0 Å². The second kappa shape index (κ2) is 8.43. The molecule has 1 saturated carbocycles. The van der Waals surface area contributed by atoms with Gasteiger partial charge in [-0.3, -0.25) is 4.79 Å². The maximum absolute atomic E-state index is 12.5. The van der Waals surface area contributed by atoms with Crippen LogP contribution in [0.1, 0.15) is 44.2 Å². The first-order chi connectivity index (χ1) is 12.5. The van der Waals surface area contributed by atoms with E-state index < -0.39 is 0 Å². The molecule has 2 fully saturated rings. The molecule has 0 bridgehead atoms. The van der Waals surface area contributed by atoms with E-state index in [1.54, 1.807) is 0 Å². The zero-order valence-electron chi connectivity index (χ0n) is 17.0. The summed E-state index contributed by atoms with van der Waals surface area (Å²) in [6.07, 6.45) is 3.70. The fraction of sp³-hybridized carbons (Fsp3) is 0.682. The summed E-state index contributed by atoms with van der Waals surface area (Å²) in [4.78, 5) is 16.4. The molecule has 1 aliphatic carbocycles. The largest absolute Gasteiger partial charge is 0.360 e. The first-order valence-electron chi connectivity index (χ1n) is 10.4. The van der Waals surface area contributed by atoms with Crippen LogP contribution in [0.2, 0.25) is 0 Å². The number of quaternary nitrogens is 1. The van der Waals surface area contributed by atoms with Crippen LogP contribution in [0, 0.1) is 25.7 Å². The lowest BCUT2D eigenvalue weighted by molar-refractivity contribution is -0.892. The Morgan fingerprint density at radius 3 is 2.65 bits per heavy atom. The highest BCUT2D eigenvalue weighted by Gasteiger charge is 2.30. The first kappa shape index (κ1) is 19.2. The number of nitrogens with one attached hydrogen (secondary N) is 2. The Morgan fingerprint density at radius 1 is 1.19 bits per heavy atom. The van der Waals surface area contributed by atoms with Gasteiger partial charge in [0.25, 0.3) is 5.91 Å². The Hall–Kier alpha value is -1.55. The van der Waals surface area contributed by atoms with Crippen LogP contribution in [0.5, 0.6) is 0 Å². The lowest BCUT2D eigenvalue weighted by Gasteiger charge is -2.36. The molecule has 2 N–H and O–H groups in total. The lowest BCUT2D eigenvalue weighted by atomic mass is 9.78. The molecular formula is C22H36N3O+. The van der Waals surface area contributed by atoms with Gasteiger partial charge in [0.1, 0.15) is 0 Å². The van der Waals surface area contributed by atoms with Gasteiger partial charge in [0.2, 0.25) is 0 Å². The molecule has 0 aromatic heterocycles. The maximum Gasteiger partial charge on any atom is 0.275 e. The van der Waals surface area contributed by atoms with Gasteiger partial charge in [0, 0.05) is 11.7 Å². The number of carbonyl (C=O) groups excluding carboxylic acids is 1. The average Bonchev–Trinajstić information content (AvgIpc) is 2.62. The molecule has 1 aromatic carbocycles. The Balaban J connectivity index is 1.48. The molecule has 1 aromatic rings. The number of nitrogens with zero attached hydrogens (tertiary/aromatic N) is 1. The standard InChI is InChI=1S/C22H35N3O/c1-16-7-5-9-20(18(16)3)23-22(26)15-24-11-13-25(14-12-24)21-10-6-8-17(2)19(21)4/h6,8,10,16,18,20H,5,7,9,11-15H2,1-4H3,(H,23,26)/p+1/t16-,18+,20-/m1/s1. The van der Waals surface area contributed by atoms with Gasteiger partial charge < -0.3 is 15.1 Å². The third-order valence-electron chi connectivity index (χ3n) is 6.85. The molecule has 1 heterocycles. The maximum atomic E-state index is 12.5. The van der Waals surface area contributed by atoms with Crippen LogP contribution in [0.25, 0.3) is 0 Å². The van der Waals surface area contributed by atoms with Crippen molar-refractivity contribution in [2.24, 2.45) is 11.8 Å². The molecule has 26 heavy (non-hydrogen) atoms. The molecule has 0 unspecified atom stereocenters. The van der Waals surface area contributed by atoms with Gasteiger partial charge in [-0.2, -0.15) is 0 Å². The Morgan fingerprint density at radius 2 is 1.92 bits per heavy atom. The van der Waals surface area contributed by atoms with Gasteiger partial charge >= 0.3 is 0 Å². The Kier molecular flexibility index (Phi) is 6.23. The SMILES string of the molecule is Cc1cccc(N2CC[NH+](CC(=O)N[C@@H]3CCC[C@@H](C)[C@@H]3C)CC2)c1C. The van der Waals surface area contributed by atoms with Crippen LogP contribution in [0.3, 0.4) is 0 Å². The molecule has 4 nitrogen and oxygen atoms in total. The molecule has 2 aliphatic rings. The van der Waals surface area contributed by atoms with Gasteiger partial charge in [-0.05, 0) is 49.3 Å². The predicted octanol–water partition coefficient (Wildman–Crippen LogP) is 1.95. The van der Waals surface area contributed by atoms with Crippen molar-refractivity contribution >= 4 is 11.6 Å². The van der Waals surface area contributed by atoms with E-state index in [4.69, 9.17) is 0 Å². The predicted molar refractivity (Wildman–Crippen MR) is 108 cm³/mol. The van der Waals surface area contributed by atoms with Crippen molar-refractivity contribution in [2.45, 2.75) is 53.0 Å². The molecule has 1 aliphatic heterocycles. The van der Waals surface area contributed by atoms with E-state index in [-0.39, 0.29) is 5.91 Å². The number of aryl methyl sites for hydroxylation is 1. The van der Waals surface area contributed by atoms with Gasteiger partial charge in [-0.1, -0.05) is 38.8 Å². The topological polar surface area (TPSA) is 36.8 Å². The number of amides is 1. The molecule has 3 atom stereocenters. The van der Waals surface area contributed by atoms with Gasteiger partial charge in [-0.25, -0.2) is 0 Å². The first-order valence-corrected chi connectivity index (χ1v) is 10.4. The number of hydrogen-bond acceptors (Lipinski definition) is 2. The second-order valence-electron chi connectivity index (χ2n) is 8.57. The number of carbonyl (C=O) groups is 1. The van der Waals surface area contributed by atoms with Crippen LogP contribution in [-0.2, 0) is 4.79 Å². The van der Waals surface area contributed by atoms with Crippen LogP contribution < -0.4 is 15.1 Å². The van der Waals surface area contributed by atoms with Crippen LogP contribution >= 0.6 is 0 Å². The van der Waals surface area contributed by atoms with Crippen molar-refractivity contribution in [1.82, 2.24) is 5.32 Å². The van der Waals surface area contributed by atoms with Gasteiger partial charge in [0.15, 0.2) is 6.54 Å². The monoisotopic (exact) mass is 358 g/mol. The summed E-state index contributed by atoms with van der Waals surface area (Å²) in [6, 6.07) is 6.93. The van der Waals surface area contributed by atoms with Crippen molar-refractivity contribution < 1.29 is 9.69 Å². The molecule has 144 valence electrons. The summed E-state index contributed by atoms with van der Waals surface area (Å²) in [6.45, 7) is 13.8. The van der Waals surface area contributed by atoms with E-state index in [1.807, 2.05) is 0 Å². The summed E-state index contributed by atoms with van der Waals surface area (Å²) in [7, 11) is 0. The fourth-order valence-electron chi connectivity index (χ4n) is 4.59. The van der Waals surface area contributed by atoms with Crippen LogP contribution in [-0.4, -0.2) is 44.7 Å². The molecule has 1 saturated heterocycles. The highest BCUT2D eigenvalue weighted by Crippen LogP contribution is 2.29. The number of anilines is 1. The third-order valence-corrected chi connectivity index (χ3v) is 6.85. The van der Waals surface area contributed by atoms with E-state index >= 15 is 0 Å². The quantitative estimate of drug-likeness (QED) is 0.863. The van der Waals surface area contributed by atoms with E-state index in [1.165, 1.54) is 34.6 Å². The summed E-state index contributed by atoms with van der Waals surface area (Å²) in [5.41, 5.74) is 4.10. The Bertz CT molecular complexity index is 622. The summed E-state index contributed by atoms with van der Waals surface area (Å²) < 4.78 is 0. The van der Waals surface area contributed by atoms with E-state index in [9.17, 15) is 4.79 Å². The van der Waals surface area contributed by atoms with Crippen molar-refractivity contribution in [3.05, 3.63) is 29.3 Å². The molecule has 0 radical (unpaired) electrons. The fourth-order valence-corrected chi connectivity index (χ4v) is 4.59. The molecule has 1 amide bonds. The zero-order valence-corrected chi connectivity index (χ0v) is 17.0. The van der Waals surface area contributed by atoms with Crippen molar-refractivity contribution in [2.75, 3.05) is 37.6 Å².